The van der Waals surface area contributed by atoms with Gasteiger partial charge in [-0.05, 0) is 32.0 Å². The number of piperidine rings is 1. The summed E-state index contributed by atoms with van der Waals surface area (Å²) in [5.41, 5.74) is 1.64. The summed E-state index contributed by atoms with van der Waals surface area (Å²) in [6, 6.07) is 6.75. The molecule has 144 valence electrons. The van der Waals surface area contributed by atoms with Crippen molar-refractivity contribution < 1.29 is 9.18 Å². The van der Waals surface area contributed by atoms with Gasteiger partial charge in [0.25, 0.3) is 0 Å². The standard InChI is InChI=1S/C20H26FN5O/c1-23(2)19(27)25-9-7-20(8-10-25)18-22-14-17(26(18)12-11-24(20)3)15-5-4-6-16(21)13-15/h4-6,13-14H,7-12H2,1-3H3. The van der Waals surface area contributed by atoms with E-state index in [1.165, 1.54) is 6.07 Å². The monoisotopic (exact) mass is 371 g/mol. The van der Waals surface area contributed by atoms with E-state index in [0.717, 1.165) is 43.0 Å². The predicted molar refractivity (Wildman–Crippen MR) is 102 cm³/mol. The van der Waals surface area contributed by atoms with E-state index in [0.29, 0.717) is 13.1 Å². The lowest BCUT2D eigenvalue weighted by atomic mass is 9.83. The van der Waals surface area contributed by atoms with Gasteiger partial charge in [-0.15, -0.1) is 0 Å². The van der Waals surface area contributed by atoms with Crippen molar-refractivity contribution in [3.63, 3.8) is 0 Å². The number of carbonyl (C=O) groups excluding carboxylic acids is 1. The van der Waals surface area contributed by atoms with Crippen LogP contribution in [0.5, 0.6) is 0 Å². The average molecular weight is 371 g/mol. The molecule has 1 saturated heterocycles. The Morgan fingerprint density at radius 1 is 1.19 bits per heavy atom. The van der Waals surface area contributed by atoms with Crippen LogP contribution in [0.2, 0.25) is 0 Å². The lowest BCUT2D eigenvalue weighted by molar-refractivity contribution is 0.0158. The van der Waals surface area contributed by atoms with Gasteiger partial charge in [-0.3, -0.25) is 4.90 Å². The molecular formula is C20H26FN5O. The van der Waals surface area contributed by atoms with Gasteiger partial charge in [0, 0.05) is 45.8 Å². The van der Waals surface area contributed by atoms with Crippen LogP contribution in [0.3, 0.4) is 0 Å². The number of urea groups is 1. The number of nitrogens with zero attached hydrogens (tertiary/aromatic N) is 5. The van der Waals surface area contributed by atoms with Gasteiger partial charge in [-0.1, -0.05) is 12.1 Å². The Labute approximate surface area is 159 Å². The zero-order valence-corrected chi connectivity index (χ0v) is 16.2. The Balaban J connectivity index is 1.67. The van der Waals surface area contributed by atoms with Crippen molar-refractivity contribution in [2.75, 3.05) is 40.8 Å². The maximum Gasteiger partial charge on any atom is 0.319 e. The normalized spacial score (nSPS) is 19.2. The van der Waals surface area contributed by atoms with Gasteiger partial charge in [-0.25, -0.2) is 14.2 Å². The van der Waals surface area contributed by atoms with Crippen molar-refractivity contribution in [3.05, 3.63) is 42.1 Å². The zero-order valence-electron chi connectivity index (χ0n) is 16.2. The molecule has 2 aliphatic rings. The molecule has 2 aliphatic heterocycles. The quantitative estimate of drug-likeness (QED) is 0.774. The highest BCUT2D eigenvalue weighted by Crippen LogP contribution is 2.41. The second-order valence-corrected chi connectivity index (χ2v) is 7.75. The molecule has 6 nitrogen and oxygen atoms in total. The Kier molecular flexibility index (Phi) is 4.42. The first-order chi connectivity index (χ1) is 12.9. The first-order valence-electron chi connectivity index (χ1n) is 9.42. The third-order valence-corrected chi connectivity index (χ3v) is 6.03. The molecule has 1 aromatic carbocycles. The van der Waals surface area contributed by atoms with Crippen molar-refractivity contribution in [1.82, 2.24) is 24.3 Å². The van der Waals surface area contributed by atoms with Crippen LogP contribution in [0.25, 0.3) is 11.3 Å². The van der Waals surface area contributed by atoms with E-state index < -0.39 is 0 Å². The number of carbonyl (C=O) groups is 1. The number of hydrogen-bond donors (Lipinski definition) is 0. The summed E-state index contributed by atoms with van der Waals surface area (Å²) >= 11 is 0. The van der Waals surface area contributed by atoms with E-state index in [1.54, 1.807) is 31.1 Å². The summed E-state index contributed by atoms with van der Waals surface area (Å²) < 4.78 is 15.9. The highest BCUT2D eigenvalue weighted by atomic mass is 19.1. The molecule has 27 heavy (non-hydrogen) atoms. The number of aromatic nitrogens is 2. The molecule has 2 amide bonds. The van der Waals surface area contributed by atoms with Gasteiger partial charge in [-0.2, -0.15) is 0 Å². The zero-order chi connectivity index (χ0) is 19.2. The van der Waals surface area contributed by atoms with Crippen molar-refractivity contribution in [1.29, 1.82) is 0 Å². The molecule has 0 N–H and O–H groups in total. The maximum absolute atomic E-state index is 13.7. The summed E-state index contributed by atoms with van der Waals surface area (Å²) in [5.74, 6) is 0.800. The fourth-order valence-corrected chi connectivity index (χ4v) is 4.44. The first-order valence-corrected chi connectivity index (χ1v) is 9.42. The van der Waals surface area contributed by atoms with E-state index in [9.17, 15) is 9.18 Å². The number of likely N-dealkylation sites (tertiary alicyclic amines) is 1. The van der Waals surface area contributed by atoms with E-state index in [-0.39, 0.29) is 17.4 Å². The van der Waals surface area contributed by atoms with Gasteiger partial charge in [0.1, 0.15) is 11.6 Å². The van der Waals surface area contributed by atoms with E-state index >= 15 is 0 Å². The summed E-state index contributed by atoms with van der Waals surface area (Å²) in [4.78, 5) is 23.0. The number of fused-ring (bicyclic) bond motifs is 2. The van der Waals surface area contributed by atoms with Crippen molar-refractivity contribution in [2.45, 2.75) is 24.9 Å². The largest absolute Gasteiger partial charge is 0.331 e. The SMILES string of the molecule is CN(C)C(=O)N1CCC2(CC1)c1ncc(-c3cccc(F)c3)n1CCN2C. The highest BCUT2D eigenvalue weighted by molar-refractivity contribution is 5.74. The molecule has 0 unspecified atom stereocenters. The first kappa shape index (κ1) is 18.0. The number of likely N-dealkylation sites (N-methyl/N-ethyl adjacent to an activating group) is 1. The number of amides is 2. The van der Waals surface area contributed by atoms with Crippen LogP contribution in [-0.4, -0.2) is 71.1 Å². The fourth-order valence-electron chi connectivity index (χ4n) is 4.44. The summed E-state index contributed by atoms with van der Waals surface area (Å²) in [6.45, 7) is 3.17. The topological polar surface area (TPSA) is 44.6 Å². The van der Waals surface area contributed by atoms with E-state index in [4.69, 9.17) is 4.98 Å². The number of rotatable bonds is 1. The second kappa shape index (κ2) is 6.64. The minimum atomic E-state index is -0.235. The van der Waals surface area contributed by atoms with Gasteiger partial charge < -0.3 is 14.4 Å². The Bertz CT molecular complexity index is 854. The number of halogens is 1. The maximum atomic E-state index is 13.7. The van der Waals surface area contributed by atoms with Crippen LogP contribution in [0.1, 0.15) is 18.7 Å². The van der Waals surface area contributed by atoms with Crippen LogP contribution in [-0.2, 0) is 12.1 Å². The Morgan fingerprint density at radius 2 is 1.93 bits per heavy atom. The number of imidazole rings is 1. The molecule has 1 fully saturated rings. The molecule has 0 saturated carbocycles. The summed E-state index contributed by atoms with van der Waals surface area (Å²) in [7, 11) is 5.72. The molecule has 0 aliphatic carbocycles. The van der Waals surface area contributed by atoms with E-state index in [2.05, 4.69) is 16.5 Å². The Morgan fingerprint density at radius 3 is 2.59 bits per heavy atom. The van der Waals surface area contributed by atoms with Gasteiger partial charge in [0.2, 0.25) is 0 Å². The van der Waals surface area contributed by atoms with Crippen LogP contribution in [0.4, 0.5) is 9.18 Å². The fraction of sp³-hybridized carbons (Fsp3) is 0.500. The van der Waals surface area contributed by atoms with Gasteiger partial charge in [0.15, 0.2) is 0 Å². The molecule has 0 bridgehead atoms. The highest BCUT2D eigenvalue weighted by Gasteiger charge is 2.46. The Hall–Kier alpha value is -2.41. The molecule has 0 radical (unpaired) electrons. The van der Waals surface area contributed by atoms with Crippen LogP contribution in [0.15, 0.2) is 30.5 Å². The number of benzene rings is 1. The van der Waals surface area contributed by atoms with Crippen LogP contribution >= 0.6 is 0 Å². The lowest BCUT2D eigenvalue weighted by Crippen LogP contribution is -2.57. The smallest absolute Gasteiger partial charge is 0.319 e. The van der Waals surface area contributed by atoms with Gasteiger partial charge in [0.05, 0.1) is 17.4 Å². The van der Waals surface area contributed by atoms with Crippen LogP contribution in [0, 0.1) is 5.82 Å². The predicted octanol–water partition coefficient (Wildman–Crippen LogP) is 2.61. The summed E-state index contributed by atoms with van der Waals surface area (Å²) in [6.07, 6.45) is 3.56. The molecule has 1 aromatic heterocycles. The average Bonchev–Trinajstić information content (AvgIpc) is 3.10. The van der Waals surface area contributed by atoms with Crippen molar-refractivity contribution >= 4 is 6.03 Å². The molecular weight excluding hydrogens is 345 g/mol. The second-order valence-electron chi connectivity index (χ2n) is 7.75. The van der Waals surface area contributed by atoms with Crippen LogP contribution < -0.4 is 0 Å². The third-order valence-electron chi connectivity index (χ3n) is 6.03. The number of hydrogen-bond acceptors (Lipinski definition) is 3. The van der Waals surface area contributed by atoms with Gasteiger partial charge >= 0.3 is 6.03 Å². The van der Waals surface area contributed by atoms with E-state index in [1.807, 2.05) is 17.2 Å². The van der Waals surface area contributed by atoms with Crippen molar-refractivity contribution in [2.24, 2.45) is 0 Å². The lowest BCUT2D eigenvalue weighted by Gasteiger charge is -2.49. The molecule has 4 rings (SSSR count). The molecule has 0 atom stereocenters. The molecule has 2 aromatic rings. The molecule has 7 heteroatoms. The van der Waals surface area contributed by atoms with Crippen molar-refractivity contribution in [3.8, 4) is 11.3 Å². The minimum absolute atomic E-state index is 0.0621. The third kappa shape index (κ3) is 2.90. The molecule has 3 heterocycles. The minimum Gasteiger partial charge on any atom is -0.331 e. The molecule has 1 spiro atoms. The summed E-state index contributed by atoms with van der Waals surface area (Å²) in [5, 5.41) is 0.